The summed E-state index contributed by atoms with van der Waals surface area (Å²) < 4.78 is 0. The predicted octanol–water partition coefficient (Wildman–Crippen LogP) is 4.78. The Hall–Kier alpha value is -5.45. The van der Waals surface area contributed by atoms with Crippen LogP contribution in [0, 0.1) is 22.7 Å². The van der Waals surface area contributed by atoms with Crippen LogP contribution >= 0.6 is 11.6 Å². The molecule has 0 saturated carbocycles. The molecular weight excluding hydrogens is 768 g/mol. The summed E-state index contributed by atoms with van der Waals surface area (Å²) in [7, 11) is 0. The fraction of sp³-hybridized carbons (Fsp3) is 0.467. The van der Waals surface area contributed by atoms with E-state index in [-0.39, 0.29) is 30.1 Å². The summed E-state index contributed by atoms with van der Waals surface area (Å²) in [4.78, 5) is 76.8. The second-order valence-corrected chi connectivity index (χ2v) is 17.6. The molecule has 1 unspecified atom stereocenters. The number of piperazine rings is 1. The number of halogens is 1. The summed E-state index contributed by atoms with van der Waals surface area (Å²) in [5, 5.41) is 12.0. The van der Waals surface area contributed by atoms with Crippen molar-refractivity contribution in [3.05, 3.63) is 87.9 Å². The molecule has 1 N–H and O–H groups in total. The molecule has 3 aromatic rings. The largest absolute Gasteiger partial charge is 0.371 e. The van der Waals surface area contributed by atoms with Crippen LogP contribution in [0.1, 0.15) is 81.6 Å². The van der Waals surface area contributed by atoms with E-state index in [4.69, 9.17) is 11.6 Å². The molecule has 0 aromatic heterocycles. The second kappa shape index (κ2) is 16.0. The minimum atomic E-state index is -0.966. The molecule has 0 aliphatic carbocycles. The molecule has 0 radical (unpaired) electrons. The maximum Gasteiger partial charge on any atom is 0.262 e. The maximum absolute atomic E-state index is 13.6. The van der Waals surface area contributed by atoms with Gasteiger partial charge in [0.25, 0.3) is 17.7 Å². The van der Waals surface area contributed by atoms with Gasteiger partial charge in [-0.1, -0.05) is 11.6 Å². The summed E-state index contributed by atoms with van der Waals surface area (Å²) >= 11 is 6.31. The Morgan fingerprint density at radius 2 is 1.36 bits per heavy atom. The van der Waals surface area contributed by atoms with Crippen molar-refractivity contribution in [1.29, 1.82) is 5.26 Å². The molecule has 5 fully saturated rings. The number of hydrogen-bond donors (Lipinski definition) is 1. The van der Waals surface area contributed by atoms with Gasteiger partial charge >= 0.3 is 0 Å². The molecule has 59 heavy (non-hydrogen) atoms. The molecule has 6 heterocycles. The van der Waals surface area contributed by atoms with Crippen molar-refractivity contribution in [1.82, 2.24) is 20.0 Å². The van der Waals surface area contributed by atoms with Crippen LogP contribution < -0.4 is 20.0 Å². The third-order valence-electron chi connectivity index (χ3n) is 13.8. The van der Waals surface area contributed by atoms with Crippen molar-refractivity contribution in [2.24, 2.45) is 11.3 Å². The quantitative estimate of drug-likeness (QED) is 0.332. The van der Waals surface area contributed by atoms with Crippen LogP contribution in [-0.4, -0.2) is 122 Å². The molecule has 306 valence electrons. The van der Waals surface area contributed by atoms with E-state index >= 15 is 0 Å². The normalized spacial score (nSPS) is 22.6. The number of hydrogen-bond acceptors (Lipinski definition) is 10. The Labute approximate surface area is 349 Å². The van der Waals surface area contributed by atoms with Crippen molar-refractivity contribution in [3.8, 4) is 6.07 Å². The zero-order valence-electron chi connectivity index (χ0n) is 33.2. The number of benzene rings is 3. The maximum atomic E-state index is 13.6. The van der Waals surface area contributed by atoms with Gasteiger partial charge in [-0.15, -0.1) is 0 Å². The van der Waals surface area contributed by atoms with Gasteiger partial charge in [0.2, 0.25) is 11.8 Å². The minimum absolute atomic E-state index is 0.0971. The van der Waals surface area contributed by atoms with Crippen LogP contribution in [-0.2, 0) is 9.59 Å². The Morgan fingerprint density at radius 3 is 2.05 bits per heavy atom. The molecule has 9 rings (SSSR count). The van der Waals surface area contributed by atoms with Crippen LogP contribution in [0.4, 0.5) is 17.1 Å². The van der Waals surface area contributed by atoms with Crippen molar-refractivity contribution >= 4 is 58.2 Å². The summed E-state index contributed by atoms with van der Waals surface area (Å²) in [5.74, 6) is -1.26. The highest BCUT2D eigenvalue weighted by molar-refractivity contribution is 6.32. The first-order chi connectivity index (χ1) is 28.6. The van der Waals surface area contributed by atoms with Crippen LogP contribution in [0.25, 0.3) is 0 Å². The number of nitrogens with zero attached hydrogens (tertiary/aromatic N) is 7. The number of anilines is 3. The lowest BCUT2D eigenvalue weighted by atomic mass is 9.77. The number of carbonyl (C=O) groups excluding carboxylic acids is 5. The molecule has 0 bridgehead atoms. The van der Waals surface area contributed by atoms with E-state index in [1.807, 2.05) is 35.2 Å². The van der Waals surface area contributed by atoms with Crippen LogP contribution in [0.15, 0.2) is 60.7 Å². The Kier molecular flexibility index (Phi) is 10.6. The number of fused-ring (bicyclic) bond motifs is 1. The Balaban J connectivity index is 0.715. The SMILES string of the molecule is N#Cc1ccc(N2CCC3(CCN(C(=O)c4ccc(N5CCN(CC6CCN(c7ccc8c(c7)C(=O)N(C7CCC(=O)NC7=O)C8=O)CC6)CC5)cc4)C3)CC2)cc1Cl. The highest BCUT2D eigenvalue weighted by Gasteiger charge is 2.45. The molecule has 1 atom stereocenters. The van der Waals surface area contributed by atoms with E-state index in [1.54, 1.807) is 18.2 Å². The van der Waals surface area contributed by atoms with Crippen LogP contribution in [0.2, 0.25) is 5.02 Å². The Morgan fingerprint density at radius 1 is 0.729 bits per heavy atom. The monoisotopic (exact) mass is 816 g/mol. The van der Waals surface area contributed by atoms with Gasteiger partial charge < -0.3 is 19.6 Å². The first kappa shape index (κ1) is 39.0. The van der Waals surface area contributed by atoms with Gasteiger partial charge in [0.05, 0.1) is 21.7 Å². The number of piperidine rings is 3. The molecular formula is C45H49ClN8O5. The number of imide groups is 2. The summed E-state index contributed by atoms with van der Waals surface area (Å²) in [6.07, 6.45) is 5.38. The molecule has 5 amide bonds. The van der Waals surface area contributed by atoms with Gasteiger partial charge in [-0.25, -0.2) is 0 Å². The van der Waals surface area contributed by atoms with Crippen LogP contribution in [0.3, 0.4) is 0 Å². The van der Waals surface area contributed by atoms with Crippen molar-refractivity contribution in [2.75, 3.05) is 86.7 Å². The zero-order valence-corrected chi connectivity index (χ0v) is 34.0. The third-order valence-corrected chi connectivity index (χ3v) is 14.1. The topological polar surface area (TPSA) is 141 Å². The lowest BCUT2D eigenvalue weighted by Crippen LogP contribution is -2.54. The van der Waals surface area contributed by atoms with Crippen molar-refractivity contribution in [3.63, 3.8) is 0 Å². The first-order valence-corrected chi connectivity index (χ1v) is 21.4. The van der Waals surface area contributed by atoms with E-state index in [0.29, 0.717) is 27.6 Å². The van der Waals surface area contributed by atoms with E-state index < -0.39 is 23.8 Å². The minimum Gasteiger partial charge on any atom is -0.371 e. The molecule has 6 aliphatic rings. The lowest BCUT2D eigenvalue weighted by molar-refractivity contribution is -0.136. The second-order valence-electron chi connectivity index (χ2n) is 17.2. The van der Waals surface area contributed by atoms with Crippen molar-refractivity contribution < 1.29 is 24.0 Å². The molecule has 1 spiro atoms. The van der Waals surface area contributed by atoms with Crippen molar-refractivity contribution in [2.45, 2.75) is 51.0 Å². The van der Waals surface area contributed by atoms with Gasteiger partial charge in [0, 0.05) is 101 Å². The highest BCUT2D eigenvalue weighted by atomic mass is 35.5. The number of nitriles is 1. The van der Waals surface area contributed by atoms with E-state index in [9.17, 15) is 29.2 Å². The molecule has 13 nitrogen and oxygen atoms in total. The summed E-state index contributed by atoms with van der Waals surface area (Å²) in [5.41, 5.74) is 5.12. The number of rotatable bonds is 7. The fourth-order valence-corrected chi connectivity index (χ4v) is 10.3. The third kappa shape index (κ3) is 7.64. The van der Waals surface area contributed by atoms with Crippen LogP contribution in [0.5, 0.6) is 0 Å². The molecule has 3 aromatic carbocycles. The molecule has 5 saturated heterocycles. The number of nitrogens with one attached hydrogen (secondary N) is 1. The van der Waals surface area contributed by atoms with E-state index in [0.717, 1.165) is 132 Å². The summed E-state index contributed by atoms with van der Waals surface area (Å²) in [6.45, 7) is 10.0. The number of likely N-dealkylation sites (tertiary alicyclic amines) is 1. The van der Waals surface area contributed by atoms with Gasteiger partial charge in [-0.2, -0.15) is 5.26 Å². The van der Waals surface area contributed by atoms with Gasteiger partial charge in [0.15, 0.2) is 0 Å². The van der Waals surface area contributed by atoms with E-state index in [1.165, 1.54) is 0 Å². The standard InChI is InChI=1S/C45H49ClN8O5/c46-38-26-35(6-3-32(38)27-47)51-18-13-45(14-19-51)15-20-53(29-45)42(57)31-1-4-33(5-2-31)52-23-21-49(22-24-52)28-30-11-16-50(17-12-30)34-7-8-36-37(25-34)44(59)54(43(36)58)39-9-10-40(55)48-41(39)56/h1-8,25-26,30,39H,9-24,28-29H2,(H,48,55,56). The molecule has 14 heteroatoms. The number of carbonyl (C=O) groups is 5. The smallest absolute Gasteiger partial charge is 0.262 e. The summed E-state index contributed by atoms with van der Waals surface area (Å²) in [6, 6.07) is 20.4. The zero-order chi connectivity index (χ0) is 40.8. The highest BCUT2D eigenvalue weighted by Crippen LogP contribution is 2.42. The molecule has 6 aliphatic heterocycles. The average molecular weight is 817 g/mol. The first-order valence-electron chi connectivity index (χ1n) is 21.0. The van der Waals surface area contributed by atoms with E-state index in [2.05, 4.69) is 43.1 Å². The average Bonchev–Trinajstić information content (AvgIpc) is 3.78. The lowest BCUT2D eigenvalue weighted by Gasteiger charge is -2.40. The van der Waals surface area contributed by atoms with Gasteiger partial charge in [-0.05, 0) is 111 Å². The van der Waals surface area contributed by atoms with Gasteiger partial charge in [-0.3, -0.25) is 39.1 Å². The number of amides is 5. The predicted molar refractivity (Wildman–Crippen MR) is 224 cm³/mol. The Bertz CT molecular complexity index is 2220. The fourth-order valence-electron chi connectivity index (χ4n) is 10.1. The van der Waals surface area contributed by atoms with Gasteiger partial charge in [0.1, 0.15) is 12.1 Å².